The molecule has 0 fully saturated rings. The van der Waals surface area contributed by atoms with Gasteiger partial charge in [-0.15, -0.1) is 0 Å². The van der Waals surface area contributed by atoms with E-state index in [0.717, 1.165) is 5.56 Å². The molecule has 0 saturated carbocycles. The smallest absolute Gasteiger partial charge is 0.255 e. The number of amides is 1. The predicted molar refractivity (Wildman–Crippen MR) is 66.1 cm³/mol. The van der Waals surface area contributed by atoms with Crippen LogP contribution < -0.4 is 15.5 Å². The van der Waals surface area contributed by atoms with Crippen LogP contribution in [0.4, 0.5) is 20.2 Å². The summed E-state index contributed by atoms with van der Waals surface area (Å²) < 4.78 is 24.6. The summed E-state index contributed by atoms with van der Waals surface area (Å²) in [5, 5.41) is 0. The second-order valence-electron chi connectivity index (χ2n) is 4.39. The number of nitrogens with two attached hydrogens (primary N) is 1. The number of fused-ring (bicyclic) bond motifs is 1. The lowest BCUT2D eigenvalue weighted by molar-refractivity contribution is -0.118. The van der Waals surface area contributed by atoms with Gasteiger partial charge in [0.25, 0.3) is 6.43 Å². The van der Waals surface area contributed by atoms with Gasteiger partial charge in [0.1, 0.15) is 6.04 Å². The number of nitrogens with zero attached hydrogens (tertiary/aromatic N) is 2. The molecule has 1 aliphatic heterocycles. The molecule has 1 aromatic carbocycles. The molecular weight excluding hydrogens is 240 g/mol. The molecule has 0 bridgehead atoms. The van der Waals surface area contributed by atoms with Gasteiger partial charge in [0.15, 0.2) is 0 Å². The molecular formula is C12H15F2N3O. The van der Waals surface area contributed by atoms with Gasteiger partial charge in [-0.3, -0.25) is 4.79 Å². The van der Waals surface area contributed by atoms with Crippen molar-refractivity contribution in [3.63, 3.8) is 0 Å². The first-order chi connectivity index (χ1) is 8.41. The van der Waals surface area contributed by atoms with Crippen LogP contribution in [-0.4, -0.2) is 33.0 Å². The molecule has 0 radical (unpaired) electrons. The van der Waals surface area contributed by atoms with E-state index < -0.39 is 12.5 Å². The Labute approximate surface area is 104 Å². The van der Waals surface area contributed by atoms with E-state index in [2.05, 4.69) is 0 Å². The van der Waals surface area contributed by atoms with E-state index in [1.165, 1.54) is 9.80 Å². The number of carbonyl (C=O) groups excluding carboxylic acids is 1. The molecule has 2 N–H and O–H groups in total. The maximum atomic E-state index is 12.3. The highest BCUT2D eigenvalue weighted by atomic mass is 19.3. The SMILES string of the molecule is CN(CC(F)F)c1ccc2c(c1)N(C)C(=O)C2N. The Morgan fingerprint density at radius 1 is 1.50 bits per heavy atom. The fourth-order valence-corrected chi connectivity index (χ4v) is 2.10. The van der Waals surface area contributed by atoms with E-state index >= 15 is 0 Å². The number of likely N-dealkylation sites (N-methyl/N-ethyl adjacent to an activating group) is 1. The Balaban J connectivity index is 2.31. The first-order valence-corrected chi connectivity index (χ1v) is 5.58. The number of hydrogen-bond acceptors (Lipinski definition) is 3. The summed E-state index contributed by atoms with van der Waals surface area (Å²) in [5.74, 6) is -0.182. The molecule has 0 saturated heterocycles. The van der Waals surface area contributed by atoms with Crippen LogP contribution >= 0.6 is 0 Å². The predicted octanol–water partition coefficient (Wildman–Crippen LogP) is 1.36. The first-order valence-electron chi connectivity index (χ1n) is 5.58. The Bertz CT molecular complexity index is 478. The third kappa shape index (κ3) is 2.03. The van der Waals surface area contributed by atoms with E-state index in [4.69, 9.17) is 5.73 Å². The molecule has 4 nitrogen and oxygen atoms in total. The third-order valence-corrected chi connectivity index (χ3v) is 3.16. The molecule has 1 unspecified atom stereocenters. The topological polar surface area (TPSA) is 49.6 Å². The van der Waals surface area contributed by atoms with Crippen molar-refractivity contribution in [3.05, 3.63) is 23.8 Å². The lowest BCUT2D eigenvalue weighted by atomic mass is 10.1. The van der Waals surface area contributed by atoms with E-state index in [1.807, 2.05) is 0 Å². The van der Waals surface area contributed by atoms with Gasteiger partial charge in [-0.2, -0.15) is 0 Å². The zero-order valence-electron chi connectivity index (χ0n) is 10.2. The lowest BCUT2D eigenvalue weighted by Crippen LogP contribution is -2.28. The van der Waals surface area contributed by atoms with Crippen LogP contribution in [0.2, 0.25) is 0 Å². The minimum Gasteiger partial charge on any atom is -0.369 e. The maximum absolute atomic E-state index is 12.3. The standard InChI is InChI=1S/C12H15F2N3O/c1-16(6-10(13)14)7-3-4-8-9(5-7)17(2)12(18)11(8)15/h3-5,10-11H,6,15H2,1-2H3. The van der Waals surface area contributed by atoms with Gasteiger partial charge in [-0.1, -0.05) is 6.07 Å². The molecule has 1 amide bonds. The van der Waals surface area contributed by atoms with Crippen LogP contribution in [0.1, 0.15) is 11.6 Å². The molecule has 6 heteroatoms. The Morgan fingerprint density at radius 2 is 2.17 bits per heavy atom. The molecule has 98 valence electrons. The van der Waals surface area contributed by atoms with Crippen molar-refractivity contribution in [2.24, 2.45) is 5.73 Å². The van der Waals surface area contributed by atoms with E-state index in [-0.39, 0.29) is 12.5 Å². The molecule has 0 aliphatic carbocycles. The summed E-state index contributed by atoms with van der Waals surface area (Å²) in [6, 6.07) is 4.48. The fraction of sp³-hybridized carbons (Fsp3) is 0.417. The monoisotopic (exact) mass is 255 g/mol. The van der Waals surface area contributed by atoms with Crippen molar-refractivity contribution in [1.82, 2.24) is 0 Å². The second-order valence-corrected chi connectivity index (χ2v) is 4.39. The maximum Gasteiger partial charge on any atom is 0.255 e. The fourth-order valence-electron chi connectivity index (χ4n) is 2.10. The van der Waals surface area contributed by atoms with Crippen molar-refractivity contribution in [2.45, 2.75) is 12.5 Å². The minimum atomic E-state index is -2.40. The van der Waals surface area contributed by atoms with Crippen molar-refractivity contribution >= 4 is 17.3 Å². The zero-order valence-corrected chi connectivity index (χ0v) is 10.2. The third-order valence-electron chi connectivity index (χ3n) is 3.16. The molecule has 2 rings (SSSR count). The number of anilines is 2. The molecule has 1 aromatic rings. The molecule has 1 atom stereocenters. The number of carbonyl (C=O) groups is 1. The van der Waals surface area contributed by atoms with E-state index in [1.54, 1.807) is 32.3 Å². The normalized spacial score (nSPS) is 18.4. The van der Waals surface area contributed by atoms with E-state index in [0.29, 0.717) is 11.4 Å². The largest absolute Gasteiger partial charge is 0.369 e. The van der Waals surface area contributed by atoms with Crippen LogP contribution in [0, 0.1) is 0 Å². The van der Waals surface area contributed by atoms with Crippen molar-refractivity contribution < 1.29 is 13.6 Å². The van der Waals surface area contributed by atoms with Gasteiger partial charge in [-0.25, -0.2) is 8.78 Å². The van der Waals surface area contributed by atoms with Crippen molar-refractivity contribution in [1.29, 1.82) is 0 Å². The Kier molecular flexibility index (Phi) is 3.21. The Morgan fingerprint density at radius 3 is 2.78 bits per heavy atom. The second kappa shape index (κ2) is 4.53. The van der Waals surface area contributed by atoms with Gasteiger partial charge < -0.3 is 15.5 Å². The van der Waals surface area contributed by atoms with Crippen LogP contribution in [0.5, 0.6) is 0 Å². The highest BCUT2D eigenvalue weighted by molar-refractivity contribution is 6.04. The average molecular weight is 255 g/mol. The van der Waals surface area contributed by atoms with Crippen LogP contribution in [0.15, 0.2) is 18.2 Å². The van der Waals surface area contributed by atoms with Gasteiger partial charge in [0.05, 0.1) is 12.2 Å². The number of hydrogen-bond donors (Lipinski definition) is 1. The number of benzene rings is 1. The lowest BCUT2D eigenvalue weighted by Gasteiger charge is -2.20. The molecule has 18 heavy (non-hydrogen) atoms. The summed E-state index contributed by atoms with van der Waals surface area (Å²) in [5.41, 5.74) is 7.82. The average Bonchev–Trinajstić information content (AvgIpc) is 2.53. The van der Waals surface area contributed by atoms with E-state index in [9.17, 15) is 13.6 Å². The first kappa shape index (κ1) is 12.8. The summed E-state index contributed by atoms with van der Waals surface area (Å²) in [6.45, 7) is -0.345. The summed E-state index contributed by atoms with van der Waals surface area (Å²) in [6.07, 6.45) is -2.40. The summed E-state index contributed by atoms with van der Waals surface area (Å²) in [7, 11) is 3.22. The number of halogens is 2. The Hall–Kier alpha value is -1.69. The van der Waals surface area contributed by atoms with Gasteiger partial charge in [0, 0.05) is 25.3 Å². The van der Waals surface area contributed by atoms with Crippen LogP contribution in [-0.2, 0) is 4.79 Å². The van der Waals surface area contributed by atoms with Crippen LogP contribution in [0.25, 0.3) is 0 Å². The van der Waals surface area contributed by atoms with Gasteiger partial charge in [0.2, 0.25) is 5.91 Å². The minimum absolute atomic E-state index is 0.182. The van der Waals surface area contributed by atoms with Crippen molar-refractivity contribution in [3.8, 4) is 0 Å². The number of rotatable bonds is 3. The van der Waals surface area contributed by atoms with Gasteiger partial charge in [-0.05, 0) is 12.1 Å². The van der Waals surface area contributed by atoms with Crippen molar-refractivity contribution in [2.75, 3.05) is 30.4 Å². The zero-order chi connectivity index (χ0) is 13.4. The summed E-state index contributed by atoms with van der Waals surface area (Å²) in [4.78, 5) is 14.6. The highest BCUT2D eigenvalue weighted by Gasteiger charge is 2.32. The molecule has 0 spiro atoms. The van der Waals surface area contributed by atoms with Crippen LogP contribution in [0.3, 0.4) is 0 Å². The molecule has 1 aliphatic rings. The molecule has 0 aromatic heterocycles. The molecule has 1 heterocycles. The number of alkyl halides is 2. The van der Waals surface area contributed by atoms with Gasteiger partial charge >= 0.3 is 0 Å². The highest BCUT2D eigenvalue weighted by Crippen LogP contribution is 2.36. The summed E-state index contributed by atoms with van der Waals surface area (Å²) >= 11 is 0. The quantitative estimate of drug-likeness (QED) is 0.887.